The Morgan fingerprint density at radius 3 is 2.82 bits per heavy atom. The molecule has 1 aliphatic carbocycles. The Balaban J connectivity index is 1.62. The molecule has 2 atom stereocenters. The van der Waals surface area contributed by atoms with Crippen LogP contribution in [0.1, 0.15) is 36.0 Å². The van der Waals surface area contributed by atoms with Crippen LogP contribution in [0, 0.1) is 0 Å². The van der Waals surface area contributed by atoms with Gasteiger partial charge in [0, 0.05) is 23.7 Å². The first kappa shape index (κ1) is 18.1. The standard InChI is InChI=1S/C20H23N7O/c21-15-5-1-2-6-16(15)26-17-8-7-14(18(22)28)20(27-17)25-13-10-12-4-3-9-23-19(12)24-11-13/h3-4,7-11,15-16H,1-2,5-6,21H2,(H2,22,28)(H2,25,26,27)/t15-,16?/m0/s1. The predicted octanol–water partition coefficient (Wildman–Crippen LogP) is 2.55. The molecule has 0 aliphatic heterocycles. The Hall–Kier alpha value is -3.26. The van der Waals surface area contributed by atoms with Crippen LogP contribution in [0.25, 0.3) is 11.0 Å². The molecule has 3 heterocycles. The van der Waals surface area contributed by atoms with Gasteiger partial charge in [0.2, 0.25) is 0 Å². The van der Waals surface area contributed by atoms with Gasteiger partial charge in [0.15, 0.2) is 5.65 Å². The number of fused-ring (bicyclic) bond motifs is 1. The summed E-state index contributed by atoms with van der Waals surface area (Å²) in [5.74, 6) is 0.489. The van der Waals surface area contributed by atoms with Crippen LogP contribution < -0.4 is 22.1 Å². The molecule has 0 spiro atoms. The van der Waals surface area contributed by atoms with Crippen molar-refractivity contribution in [2.24, 2.45) is 11.5 Å². The van der Waals surface area contributed by atoms with Crippen LogP contribution in [-0.4, -0.2) is 32.9 Å². The largest absolute Gasteiger partial charge is 0.366 e. The van der Waals surface area contributed by atoms with E-state index in [1.54, 1.807) is 24.5 Å². The summed E-state index contributed by atoms with van der Waals surface area (Å²) < 4.78 is 0. The maximum absolute atomic E-state index is 11.9. The summed E-state index contributed by atoms with van der Waals surface area (Å²) in [6, 6.07) is 9.37. The minimum Gasteiger partial charge on any atom is -0.366 e. The highest BCUT2D eigenvalue weighted by atomic mass is 16.1. The van der Waals surface area contributed by atoms with E-state index < -0.39 is 5.91 Å². The van der Waals surface area contributed by atoms with Crippen molar-refractivity contribution in [1.82, 2.24) is 15.0 Å². The number of nitrogens with two attached hydrogens (primary N) is 2. The SMILES string of the molecule is NC(=O)c1ccc(NC2CCCC[C@@H]2N)nc1Nc1cnc2ncccc2c1. The van der Waals surface area contributed by atoms with Crippen LogP contribution in [0.2, 0.25) is 0 Å². The zero-order valence-corrected chi connectivity index (χ0v) is 15.4. The molecule has 3 aromatic heterocycles. The van der Waals surface area contributed by atoms with E-state index in [2.05, 4.69) is 25.6 Å². The highest BCUT2D eigenvalue weighted by Crippen LogP contribution is 2.25. The van der Waals surface area contributed by atoms with Gasteiger partial charge in [-0.25, -0.2) is 15.0 Å². The lowest BCUT2D eigenvalue weighted by molar-refractivity contribution is 0.100. The number of carbonyl (C=O) groups excluding carboxylic acids is 1. The lowest BCUT2D eigenvalue weighted by Crippen LogP contribution is -2.42. The van der Waals surface area contributed by atoms with Crippen molar-refractivity contribution in [2.75, 3.05) is 10.6 Å². The van der Waals surface area contributed by atoms with E-state index >= 15 is 0 Å². The molecule has 28 heavy (non-hydrogen) atoms. The summed E-state index contributed by atoms with van der Waals surface area (Å²) in [5, 5.41) is 7.44. The highest BCUT2D eigenvalue weighted by molar-refractivity contribution is 5.98. The zero-order valence-electron chi connectivity index (χ0n) is 15.4. The van der Waals surface area contributed by atoms with Crippen LogP contribution in [0.5, 0.6) is 0 Å². The van der Waals surface area contributed by atoms with Crippen LogP contribution >= 0.6 is 0 Å². The van der Waals surface area contributed by atoms with E-state index in [-0.39, 0.29) is 12.1 Å². The second-order valence-electron chi connectivity index (χ2n) is 7.06. The smallest absolute Gasteiger partial charge is 0.252 e. The minimum absolute atomic E-state index is 0.0972. The van der Waals surface area contributed by atoms with Crippen molar-refractivity contribution < 1.29 is 4.79 Å². The molecule has 0 bridgehead atoms. The first-order valence-corrected chi connectivity index (χ1v) is 9.41. The summed E-state index contributed by atoms with van der Waals surface area (Å²) in [4.78, 5) is 25.0. The van der Waals surface area contributed by atoms with Gasteiger partial charge < -0.3 is 22.1 Å². The topological polar surface area (TPSA) is 132 Å². The number of carbonyl (C=O) groups is 1. The fourth-order valence-electron chi connectivity index (χ4n) is 3.53. The summed E-state index contributed by atoms with van der Waals surface area (Å²) in [5.41, 5.74) is 13.4. The third kappa shape index (κ3) is 3.86. The van der Waals surface area contributed by atoms with Gasteiger partial charge in [0.25, 0.3) is 5.91 Å². The molecule has 1 fully saturated rings. The average Bonchev–Trinajstić information content (AvgIpc) is 2.70. The van der Waals surface area contributed by atoms with Crippen molar-refractivity contribution in [3.05, 3.63) is 48.3 Å². The third-order valence-electron chi connectivity index (χ3n) is 5.03. The van der Waals surface area contributed by atoms with Crippen LogP contribution in [0.15, 0.2) is 42.7 Å². The second kappa shape index (κ2) is 7.77. The molecule has 8 heteroatoms. The predicted molar refractivity (Wildman–Crippen MR) is 109 cm³/mol. The van der Waals surface area contributed by atoms with E-state index in [1.165, 1.54) is 0 Å². The number of hydrogen-bond donors (Lipinski definition) is 4. The average molecular weight is 377 g/mol. The lowest BCUT2D eigenvalue weighted by Gasteiger charge is -2.29. The molecule has 4 rings (SSSR count). The molecular formula is C20H23N7O. The number of nitrogens with one attached hydrogen (secondary N) is 2. The molecule has 144 valence electrons. The number of amides is 1. The molecule has 0 saturated heterocycles. The van der Waals surface area contributed by atoms with Crippen LogP contribution in [-0.2, 0) is 0 Å². The first-order valence-electron chi connectivity index (χ1n) is 9.41. The maximum atomic E-state index is 11.9. The van der Waals surface area contributed by atoms with Crippen LogP contribution in [0.3, 0.4) is 0 Å². The lowest BCUT2D eigenvalue weighted by atomic mass is 9.91. The van der Waals surface area contributed by atoms with Crippen molar-refractivity contribution in [1.29, 1.82) is 0 Å². The van der Waals surface area contributed by atoms with Gasteiger partial charge >= 0.3 is 0 Å². The van der Waals surface area contributed by atoms with E-state index in [1.807, 2.05) is 18.2 Å². The van der Waals surface area contributed by atoms with Crippen molar-refractivity contribution in [3.63, 3.8) is 0 Å². The molecule has 1 unspecified atom stereocenters. The van der Waals surface area contributed by atoms with Gasteiger partial charge in [-0.1, -0.05) is 12.8 Å². The zero-order chi connectivity index (χ0) is 19.5. The maximum Gasteiger partial charge on any atom is 0.252 e. The summed E-state index contributed by atoms with van der Waals surface area (Å²) >= 11 is 0. The first-order chi connectivity index (χ1) is 13.6. The quantitative estimate of drug-likeness (QED) is 0.537. The highest BCUT2D eigenvalue weighted by Gasteiger charge is 2.22. The molecular weight excluding hydrogens is 354 g/mol. The van der Waals surface area contributed by atoms with E-state index in [0.29, 0.717) is 28.5 Å². The van der Waals surface area contributed by atoms with Gasteiger partial charge in [-0.05, 0) is 43.2 Å². The number of primary amides is 1. The Bertz CT molecular complexity index is 1010. The monoisotopic (exact) mass is 377 g/mol. The molecule has 6 N–H and O–H groups in total. The van der Waals surface area contributed by atoms with Gasteiger partial charge in [-0.2, -0.15) is 0 Å². The molecule has 1 amide bonds. The van der Waals surface area contributed by atoms with Gasteiger partial charge in [-0.15, -0.1) is 0 Å². The normalized spacial score (nSPS) is 19.3. The fraction of sp³-hybridized carbons (Fsp3) is 0.300. The molecule has 8 nitrogen and oxygen atoms in total. The van der Waals surface area contributed by atoms with E-state index in [4.69, 9.17) is 11.5 Å². The number of hydrogen-bond acceptors (Lipinski definition) is 7. The summed E-state index contributed by atoms with van der Waals surface area (Å²) in [6.45, 7) is 0. The van der Waals surface area contributed by atoms with E-state index in [0.717, 1.165) is 31.1 Å². The third-order valence-corrected chi connectivity index (χ3v) is 5.03. The molecule has 3 aromatic rings. The molecule has 0 radical (unpaired) electrons. The number of rotatable bonds is 5. The number of anilines is 3. The fourth-order valence-corrected chi connectivity index (χ4v) is 3.53. The minimum atomic E-state index is -0.550. The van der Waals surface area contributed by atoms with Crippen molar-refractivity contribution in [2.45, 2.75) is 37.8 Å². The number of aromatic nitrogens is 3. The summed E-state index contributed by atoms with van der Waals surface area (Å²) in [6.07, 6.45) is 7.65. The number of pyridine rings is 3. The van der Waals surface area contributed by atoms with Gasteiger partial charge in [0.1, 0.15) is 11.6 Å². The molecule has 1 aliphatic rings. The second-order valence-corrected chi connectivity index (χ2v) is 7.06. The van der Waals surface area contributed by atoms with Crippen molar-refractivity contribution in [3.8, 4) is 0 Å². The Morgan fingerprint density at radius 1 is 1.14 bits per heavy atom. The van der Waals surface area contributed by atoms with Gasteiger partial charge in [0.05, 0.1) is 17.4 Å². The van der Waals surface area contributed by atoms with Crippen LogP contribution in [0.4, 0.5) is 17.3 Å². The number of nitrogens with zero attached hydrogens (tertiary/aromatic N) is 3. The molecule has 0 aromatic carbocycles. The van der Waals surface area contributed by atoms with Gasteiger partial charge in [-0.3, -0.25) is 4.79 Å². The molecule has 1 saturated carbocycles. The Kier molecular flexibility index (Phi) is 5.03. The van der Waals surface area contributed by atoms with E-state index in [9.17, 15) is 4.79 Å². The summed E-state index contributed by atoms with van der Waals surface area (Å²) in [7, 11) is 0. The van der Waals surface area contributed by atoms with Crippen molar-refractivity contribution >= 4 is 34.3 Å². The Morgan fingerprint density at radius 2 is 2.00 bits per heavy atom. The Labute approximate surface area is 162 Å².